The summed E-state index contributed by atoms with van der Waals surface area (Å²) in [6.45, 7) is 3.75. The average Bonchev–Trinajstić information content (AvgIpc) is 2.15. The number of methoxy groups -OCH3 is 1. The van der Waals surface area contributed by atoms with Gasteiger partial charge in [-0.25, -0.2) is 0 Å². The topological polar surface area (TPSA) is 29.5 Å². The van der Waals surface area contributed by atoms with Gasteiger partial charge in [0.25, 0.3) is 0 Å². The van der Waals surface area contributed by atoms with Crippen LogP contribution >= 0.6 is 0 Å². The Labute approximate surface area is 84.8 Å². The van der Waals surface area contributed by atoms with Crippen LogP contribution in [0.15, 0.2) is 24.3 Å². The maximum Gasteiger partial charge on any atom is 0.126 e. The van der Waals surface area contributed by atoms with E-state index in [1.54, 1.807) is 20.1 Å². The average molecular weight is 192 g/mol. The second-order valence-corrected chi connectivity index (χ2v) is 3.35. The Hall–Kier alpha value is -1.28. The molecule has 1 unspecified atom stereocenters. The van der Waals surface area contributed by atoms with Crippen LogP contribution in [-0.4, -0.2) is 18.3 Å². The van der Waals surface area contributed by atoms with Gasteiger partial charge in [0.1, 0.15) is 5.75 Å². The van der Waals surface area contributed by atoms with Crippen molar-refractivity contribution in [2.45, 2.75) is 20.0 Å². The van der Waals surface area contributed by atoms with Gasteiger partial charge in [-0.1, -0.05) is 23.8 Å². The third-order valence-corrected chi connectivity index (χ3v) is 1.94. The number of aliphatic hydroxyl groups excluding tert-OH is 1. The zero-order valence-electron chi connectivity index (χ0n) is 8.82. The summed E-state index contributed by atoms with van der Waals surface area (Å²) in [5, 5.41) is 9.12. The molecule has 1 N–H and O–H groups in total. The molecule has 0 aliphatic rings. The monoisotopic (exact) mass is 192 g/mol. The molecule has 1 aromatic carbocycles. The Bertz CT molecular complexity index is 327. The fourth-order valence-electron chi connectivity index (χ4n) is 1.23. The highest BCUT2D eigenvalue weighted by Gasteiger charge is 1.99. The van der Waals surface area contributed by atoms with E-state index >= 15 is 0 Å². The molecule has 0 aliphatic heterocycles. The molecule has 0 saturated carbocycles. The van der Waals surface area contributed by atoms with E-state index in [1.165, 1.54) is 5.56 Å². The van der Waals surface area contributed by atoms with Gasteiger partial charge in [-0.2, -0.15) is 0 Å². The quantitative estimate of drug-likeness (QED) is 0.796. The predicted molar refractivity (Wildman–Crippen MR) is 58.4 cm³/mol. The molecule has 1 atom stereocenters. The number of rotatable bonds is 3. The molecule has 0 spiro atoms. The minimum atomic E-state index is -0.430. The standard InChI is InChI=1S/C12H16O2/c1-9-4-7-12(14-3)11(8-9)6-5-10(2)13/h4-8,10,13H,1-3H3/b6-5+. The highest BCUT2D eigenvalue weighted by molar-refractivity contribution is 5.58. The third kappa shape index (κ3) is 2.89. The molecule has 2 heteroatoms. The third-order valence-electron chi connectivity index (χ3n) is 1.94. The highest BCUT2D eigenvalue weighted by atomic mass is 16.5. The molecule has 0 heterocycles. The van der Waals surface area contributed by atoms with E-state index in [0.717, 1.165) is 11.3 Å². The van der Waals surface area contributed by atoms with Crippen LogP contribution in [0.3, 0.4) is 0 Å². The summed E-state index contributed by atoms with van der Waals surface area (Å²) >= 11 is 0. The second kappa shape index (κ2) is 4.82. The molecule has 14 heavy (non-hydrogen) atoms. The Kier molecular flexibility index (Phi) is 3.72. The normalized spacial score (nSPS) is 13.1. The number of aryl methyl sites for hydroxylation is 1. The molecule has 0 fully saturated rings. The van der Waals surface area contributed by atoms with Crippen molar-refractivity contribution >= 4 is 6.08 Å². The van der Waals surface area contributed by atoms with Crippen molar-refractivity contribution in [3.8, 4) is 5.75 Å². The number of hydrogen-bond acceptors (Lipinski definition) is 2. The van der Waals surface area contributed by atoms with Crippen molar-refractivity contribution in [2.75, 3.05) is 7.11 Å². The molecule has 76 valence electrons. The molecule has 0 amide bonds. The number of aliphatic hydroxyl groups is 1. The lowest BCUT2D eigenvalue weighted by Crippen LogP contribution is -1.93. The van der Waals surface area contributed by atoms with Crippen LogP contribution in [0.4, 0.5) is 0 Å². The van der Waals surface area contributed by atoms with Crippen LogP contribution in [0.2, 0.25) is 0 Å². The molecule has 0 saturated heterocycles. The zero-order chi connectivity index (χ0) is 10.6. The first kappa shape index (κ1) is 10.8. The van der Waals surface area contributed by atoms with E-state index in [1.807, 2.05) is 31.2 Å². The van der Waals surface area contributed by atoms with Crippen LogP contribution in [0.25, 0.3) is 6.08 Å². The lowest BCUT2D eigenvalue weighted by Gasteiger charge is -2.05. The largest absolute Gasteiger partial charge is 0.496 e. The maximum absolute atomic E-state index is 9.12. The van der Waals surface area contributed by atoms with E-state index < -0.39 is 6.10 Å². The lowest BCUT2D eigenvalue weighted by atomic mass is 10.1. The number of benzene rings is 1. The minimum Gasteiger partial charge on any atom is -0.496 e. The zero-order valence-corrected chi connectivity index (χ0v) is 8.82. The van der Waals surface area contributed by atoms with Crippen LogP contribution < -0.4 is 4.74 Å². The van der Waals surface area contributed by atoms with Gasteiger partial charge < -0.3 is 9.84 Å². The summed E-state index contributed by atoms with van der Waals surface area (Å²) in [5.74, 6) is 0.826. The van der Waals surface area contributed by atoms with Gasteiger partial charge in [-0.15, -0.1) is 0 Å². The van der Waals surface area contributed by atoms with Crippen molar-refractivity contribution in [1.82, 2.24) is 0 Å². The van der Waals surface area contributed by atoms with Crippen molar-refractivity contribution in [1.29, 1.82) is 0 Å². The Morgan fingerprint density at radius 3 is 2.71 bits per heavy atom. The molecule has 1 aromatic rings. The number of hydrogen-bond donors (Lipinski definition) is 1. The first-order valence-electron chi connectivity index (χ1n) is 4.64. The van der Waals surface area contributed by atoms with E-state index in [4.69, 9.17) is 9.84 Å². The molecule has 0 aromatic heterocycles. The molecule has 0 aliphatic carbocycles. The Balaban J connectivity index is 2.99. The summed E-state index contributed by atoms with van der Waals surface area (Å²) in [6.07, 6.45) is 3.17. The van der Waals surface area contributed by atoms with Crippen LogP contribution in [0, 0.1) is 6.92 Å². The molecule has 0 radical (unpaired) electrons. The molecule has 1 rings (SSSR count). The van der Waals surface area contributed by atoms with Gasteiger partial charge in [0, 0.05) is 5.56 Å². The smallest absolute Gasteiger partial charge is 0.126 e. The first-order chi connectivity index (χ1) is 6.63. The van der Waals surface area contributed by atoms with Crippen molar-refractivity contribution in [2.24, 2.45) is 0 Å². The van der Waals surface area contributed by atoms with E-state index in [2.05, 4.69) is 0 Å². The van der Waals surface area contributed by atoms with Crippen LogP contribution in [0.1, 0.15) is 18.1 Å². The Morgan fingerprint density at radius 2 is 2.14 bits per heavy atom. The van der Waals surface area contributed by atoms with Gasteiger partial charge >= 0.3 is 0 Å². The molecule has 2 nitrogen and oxygen atoms in total. The van der Waals surface area contributed by atoms with Gasteiger partial charge in [0.15, 0.2) is 0 Å². The second-order valence-electron chi connectivity index (χ2n) is 3.35. The van der Waals surface area contributed by atoms with Gasteiger partial charge in [0.05, 0.1) is 13.2 Å². The summed E-state index contributed by atoms with van der Waals surface area (Å²) < 4.78 is 5.20. The van der Waals surface area contributed by atoms with Gasteiger partial charge in [-0.05, 0) is 26.0 Å². The highest BCUT2D eigenvalue weighted by Crippen LogP contribution is 2.21. The summed E-state index contributed by atoms with van der Waals surface area (Å²) in [6, 6.07) is 5.95. The SMILES string of the molecule is COc1ccc(C)cc1/C=C/C(C)O. The van der Waals surface area contributed by atoms with Crippen LogP contribution in [0.5, 0.6) is 5.75 Å². The number of ether oxygens (including phenoxy) is 1. The summed E-state index contributed by atoms with van der Waals surface area (Å²) in [7, 11) is 1.64. The van der Waals surface area contributed by atoms with Crippen LogP contribution in [-0.2, 0) is 0 Å². The van der Waals surface area contributed by atoms with Gasteiger partial charge in [-0.3, -0.25) is 0 Å². The molecule has 0 bridgehead atoms. The molecular weight excluding hydrogens is 176 g/mol. The van der Waals surface area contributed by atoms with E-state index in [0.29, 0.717) is 0 Å². The lowest BCUT2D eigenvalue weighted by molar-refractivity contribution is 0.245. The van der Waals surface area contributed by atoms with E-state index in [9.17, 15) is 0 Å². The summed E-state index contributed by atoms with van der Waals surface area (Å²) in [4.78, 5) is 0. The van der Waals surface area contributed by atoms with Crippen molar-refractivity contribution in [3.63, 3.8) is 0 Å². The fraction of sp³-hybridized carbons (Fsp3) is 0.333. The van der Waals surface area contributed by atoms with Gasteiger partial charge in [0.2, 0.25) is 0 Å². The molecular formula is C12H16O2. The maximum atomic E-state index is 9.12. The predicted octanol–water partition coefficient (Wildman–Crippen LogP) is 2.40. The Morgan fingerprint density at radius 1 is 1.43 bits per heavy atom. The first-order valence-corrected chi connectivity index (χ1v) is 4.64. The minimum absolute atomic E-state index is 0.430. The summed E-state index contributed by atoms with van der Waals surface area (Å²) in [5.41, 5.74) is 2.17. The van der Waals surface area contributed by atoms with E-state index in [-0.39, 0.29) is 0 Å². The fourth-order valence-corrected chi connectivity index (χ4v) is 1.23. The van der Waals surface area contributed by atoms with Crippen molar-refractivity contribution < 1.29 is 9.84 Å². The van der Waals surface area contributed by atoms with Crippen molar-refractivity contribution in [3.05, 3.63) is 35.4 Å².